The molecule has 2 rings (SSSR count). The molecule has 0 aliphatic heterocycles. The zero-order valence-corrected chi connectivity index (χ0v) is 9.84. The summed E-state index contributed by atoms with van der Waals surface area (Å²) in [6, 6.07) is 18.2. The molecule has 0 atom stereocenters. The first-order valence-electron chi connectivity index (χ1n) is 5.17. The van der Waals surface area contributed by atoms with E-state index < -0.39 is 14.1 Å². The number of hydrogen-bond donors (Lipinski definition) is 0. The van der Waals surface area contributed by atoms with Gasteiger partial charge in [-0.15, -0.1) is 0 Å². The summed E-state index contributed by atoms with van der Waals surface area (Å²) in [4.78, 5) is 0. The van der Waals surface area contributed by atoms with Crippen LogP contribution in [-0.4, -0.2) is 6.17 Å². The fourth-order valence-electron chi connectivity index (χ4n) is 1.80. The van der Waals surface area contributed by atoms with E-state index in [0.29, 0.717) is 0 Å². The number of rotatable bonds is 3. The molecule has 0 bridgehead atoms. The summed E-state index contributed by atoms with van der Waals surface area (Å²) < 4.78 is 26.3. The van der Waals surface area contributed by atoms with Crippen molar-refractivity contribution < 1.29 is 8.78 Å². The third-order valence-corrected chi connectivity index (χ3v) is 5.28. The first-order valence-corrected chi connectivity index (χ1v) is 6.99. The molecule has 0 radical (unpaired) electrons. The molecule has 16 heavy (non-hydrogen) atoms. The van der Waals surface area contributed by atoms with Gasteiger partial charge in [0.05, 0.1) is 0 Å². The van der Waals surface area contributed by atoms with E-state index in [2.05, 4.69) is 0 Å². The second-order valence-corrected chi connectivity index (χ2v) is 6.43. The van der Waals surface area contributed by atoms with Gasteiger partial charge in [0.15, 0.2) is 0 Å². The van der Waals surface area contributed by atoms with Crippen LogP contribution in [0.2, 0.25) is 0 Å². The van der Waals surface area contributed by atoms with Gasteiger partial charge in [-0.05, 0) is 0 Å². The Labute approximate surface area is 94.7 Å². The SMILES string of the molecule is FC(F)[PH2](c1ccccc1)c1ccccc1. The third kappa shape index (κ3) is 2.45. The van der Waals surface area contributed by atoms with Crippen LogP contribution in [0.5, 0.6) is 0 Å². The summed E-state index contributed by atoms with van der Waals surface area (Å²) >= 11 is 0. The van der Waals surface area contributed by atoms with Crippen LogP contribution in [0.4, 0.5) is 8.78 Å². The molecule has 0 fully saturated rings. The topological polar surface area (TPSA) is 0 Å². The first kappa shape index (κ1) is 11.2. The van der Waals surface area contributed by atoms with Crippen LogP contribution in [0, 0.1) is 0 Å². The molecule has 2 aromatic carbocycles. The predicted octanol–water partition coefficient (Wildman–Crippen LogP) is 2.81. The van der Waals surface area contributed by atoms with E-state index in [4.69, 9.17) is 0 Å². The Kier molecular flexibility index (Phi) is 3.63. The van der Waals surface area contributed by atoms with E-state index in [-0.39, 0.29) is 0 Å². The zero-order valence-electron chi connectivity index (χ0n) is 8.68. The van der Waals surface area contributed by atoms with Gasteiger partial charge in [0, 0.05) is 0 Å². The normalized spacial score (nSPS) is 11.6. The number of halogens is 2. The molecule has 0 aliphatic carbocycles. The maximum absolute atomic E-state index is 13.1. The molecule has 0 aliphatic rings. The van der Waals surface area contributed by atoms with E-state index in [0.717, 1.165) is 10.6 Å². The molecule has 0 aromatic heterocycles. The monoisotopic (exact) mass is 238 g/mol. The van der Waals surface area contributed by atoms with Crippen molar-refractivity contribution in [3.05, 3.63) is 60.7 Å². The van der Waals surface area contributed by atoms with Crippen molar-refractivity contribution in [2.75, 3.05) is 0 Å². The second-order valence-electron chi connectivity index (χ2n) is 3.63. The molecule has 0 saturated heterocycles. The molecule has 0 nitrogen and oxygen atoms in total. The van der Waals surface area contributed by atoms with Crippen LogP contribution < -0.4 is 10.6 Å². The number of hydrogen-bond acceptors (Lipinski definition) is 0. The third-order valence-electron chi connectivity index (χ3n) is 2.57. The average Bonchev–Trinajstić information content (AvgIpc) is 2.31. The minimum atomic E-state index is -2.36. The minimum absolute atomic E-state index is 0.795. The molecule has 0 spiro atoms. The van der Waals surface area contributed by atoms with Gasteiger partial charge in [-0.2, -0.15) is 0 Å². The van der Waals surface area contributed by atoms with E-state index in [1.807, 2.05) is 36.4 Å². The molecule has 2 aromatic rings. The van der Waals surface area contributed by atoms with Crippen LogP contribution in [-0.2, 0) is 0 Å². The summed E-state index contributed by atoms with van der Waals surface area (Å²) in [7, 11) is -2.36. The Hall–Kier alpha value is -1.27. The van der Waals surface area contributed by atoms with Gasteiger partial charge in [0.2, 0.25) is 0 Å². The van der Waals surface area contributed by atoms with Crippen LogP contribution >= 0.6 is 7.92 Å². The van der Waals surface area contributed by atoms with Gasteiger partial charge >= 0.3 is 94.1 Å². The fourth-order valence-corrected chi connectivity index (χ4v) is 4.04. The molecule has 0 saturated carbocycles. The van der Waals surface area contributed by atoms with Crippen molar-refractivity contribution in [3.8, 4) is 0 Å². The molecule has 0 amide bonds. The Morgan fingerprint density at radius 2 is 1.06 bits per heavy atom. The molecular weight excluding hydrogens is 225 g/mol. The Morgan fingerprint density at radius 3 is 1.38 bits per heavy atom. The van der Waals surface area contributed by atoms with Crippen LogP contribution in [0.25, 0.3) is 0 Å². The van der Waals surface area contributed by atoms with Crippen molar-refractivity contribution in [1.82, 2.24) is 0 Å². The van der Waals surface area contributed by atoms with Gasteiger partial charge < -0.3 is 0 Å². The van der Waals surface area contributed by atoms with Gasteiger partial charge in [-0.25, -0.2) is 0 Å². The summed E-state index contributed by atoms with van der Waals surface area (Å²) in [6.07, 6.45) is -2.25. The van der Waals surface area contributed by atoms with Gasteiger partial charge in [0.1, 0.15) is 0 Å². The van der Waals surface area contributed by atoms with Crippen molar-refractivity contribution in [2.45, 2.75) is 6.17 Å². The molecule has 0 heterocycles. The standard InChI is InChI=1S/C13H13F2P/c14-13(15)16(11-7-3-1-4-8-11)12-9-5-2-6-10-12/h1-10,13H,16H2. The molecular formula is C13H13F2P. The van der Waals surface area contributed by atoms with Crippen molar-refractivity contribution in [1.29, 1.82) is 0 Å². The summed E-state index contributed by atoms with van der Waals surface area (Å²) in [5.74, 6) is 0. The molecule has 0 N–H and O–H groups in total. The summed E-state index contributed by atoms with van der Waals surface area (Å²) in [6.45, 7) is 0. The summed E-state index contributed by atoms with van der Waals surface area (Å²) in [5, 5.41) is 1.59. The van der Waals surface area contributed by atoms with Gasteiger partial charge in [0.25, 0.3) is 0 Å². The van der Waals surface area contributed by atoms with Crippen LogP contribution in [0.3, 0.4) is 0 Å². The maximum atomic E-state index is 13.1. The number of alkyl halides is 2. The Balaban J connectivity index is 2.40. The van der Waals surface area contributed by atoms with E-state index in [9.17, 15) is 8.78 Å². The Bertz CT molecular complexity index is 389. The van der Waals surface area contributed by atoms with E-state index >= 15 is 0 Å². The van der Waals surface area contributed by atoms with Crippen molar-refractivity contribution >= 4 is 18.5 Å². The van der Waals surface area contributed by atoms with Gasteiger partial charge in [-0.1, -0.05) is 0 Å². The molecule has 84 valence electrons. The van der Waals surface area contributed by atoms with E-state index in [1.165, 1.54) is 0 Å². The van der Waals surface area contributed by atoms with Crippen molar-refractivity contribution in [3.63, 3.8) is 0 Å². The van der Waals surface area contributed by atoms with Crippen molar-refractivity contribution in [2.24, 2.45) is 0 Å². The zero-order chi connectivity index (χ0) is 11.4. The van der Waals surface area contributed by atoms with E-state index in [1.54, 1.807) is 24.3 Å². The van der Waals surface area contributed by atoms with Gasteiger partial charge in [-0.3, -0.25) is 0 Å². The molecule has 0 unspecified atom stereocenters. The second kappa shape index (κ2) is 5.18. The quantitative estimate of drug-likeness (QED) is 0.721. The van der Waals surface area contributed by atoms with Crippen LogP contribution in [0.1, 0.15) is 0 Å². The Morgan fingerprint density at radius 1 is 0.688 bits per heavy atom. The first-order chi connectivity index (χ1) is 7.79. The van der Waals surface area contributed by atoms with Crippen LogP contribution in [0.15, 0.2) is 60.7 Å². The predicted molar refractivity (Wildman–Crippen MR) is 67.9 cm³/mol. The summed E-state index contributed by atoms with van der Waals surface area (Å²) in [5.41, 5.74) is 0. The molecule has 3 heteroatoms. The fraction of sp³-hybridized carbons (Fsp3) is 0.0769. The average molecular weight is 238 g/mol. The number of benzene rings is 2.